The summed E-state index contributed by atoms with van der Waals surface area (Å²) in [6.07, 6.45) is 0. The number of hydrogen-bond acceptors (Lipinski definition) is 6. The molecule has 4 rings (SSSR count). The van der Waals surface area contributed by atoms with Crippen molar-refractivity contribution in [3.8, 4) is 17.2 Å². The standard InChI is InChI=1S/C28H25Cl2NO6/c1-5-37-17-11-8-10-16(13-17)31-23(18-12-7-6-9-15(18)2)21(25(33)28(31)34)24(32)19-14-20(29)27(36-4)22(30)26(19)35-3/h6-14,23,32H,5H2,1-4H3/b24-21+. The minimum Gasteiger partial charge on any atom is -0.507 e. The second kappa shape index (κ2) is 10.7. The summed E-state index contributed by atoms with van der Waals surface area (Å²) in [5.74, 6) is -1.39. The Hall–Kier alpha value is -3.68. The van der Waals surface area contributed by atoms with Gasteiger partial charge in [-0.15, -0.1) is 0 Å². The van der Waals surface area contributed by atoms with Crippen molar-refractivity contribution in [3.63, 3.8) is 0 Å². The molecular weight excluding hydrogens is 517 g/mol. The number of Topliss-reactive ketones (excluding diaryl/α,β-unsaturated/α-hetero) is 1. The van der Waals surface area contributed by atoms with E-state index in [4.69, 9.17) is 37.4 Å². The van der Waals surface area contributed by atoms with E-state index in [1.807, 2.05) is 32.0 Å². The number of aliphatic hydroxyl groups excluding tert-OH is 1. The summed E-state index contributed by atoms with van der Waals surface area (Å²) in [6, 6.07) is 14.7. The van der Waals surface area contributed by atoms with Crippen LogP contribution in [0, 0.1) is 6.92 Å². The van der Waals surface area contributed by atoms with Gasteiger partial charge in [0.1, 0.15) is 16.5 Å². The Balaban J connectivity index is 2.02. The Morgan fingerprint density at radius 3 is 2.35 bits per heavy atom. The van der Waals surface area contributed by atoms with Crippen molar-refractivity contribution in [2.24, 2.45) is 0 Å². The van der Waals surface area contributed by atoms with E-state index in [1.165, 1.54) is 25.2 Å². The normalized spacial score (nSPS) is 16.7. The molecule has 9 heteroatoms. The highest BCUT2D eigenvalue weighted by atomic mass is 35.5. The summed E-state index contributed by atoms with van der Waals surface area (Å²) in [4.78, 5) is 28.4. The predicted octanol–water partition coefficient (Wildman–Crippen LogP) is 6.34. The van der Waals surface area contributed by atoms with Crippen LogP contribution in [0.2, 0.25) is 10.0 Å². The van der Waals surface area contributed by atoms with Crippen LogP contribution in [0.3, 0.4) is 0 Å². The van der Waals surface area contributed by atoms with Gasteiger partial charge in [0.05, 0.1) is 43.0 Å². The van der Waals surface area contributed by atoms with Crippen molar-refractivity contribution in [1.29, 1.82) is 0 Å². The van der Waals surface area contributed by atoms with Crippen LogP contribution < -0.4 is 19.1 Å². The van der Waals surface area contributed by atoms with E-state index in [0.717, 1.165) is 5.56 Å². The number of ketones is 1. The number of rotatable bonds is 7. The lowest BCUT2D eigenvalue weighted by Gasteiger charge is -2.27. The highest BCUT2D eigenvalue weighted by molar-refractivity contribution is 6.52. The van der Waals surface area contributed by atoms with Crippen molar-refractivity contribution in [2.75, 3.05) is 25.7 Å². The Morgan fingerprint density at radius 1 is 1.00 bits per heavy atom. The van der Waals surface area contributed by atoms with Gasteiger partial charge in [0.2, 0.25) is 0 Å². The highest BCUT2D eigenvalue weighted by Crippen LogP contribution is 2.48. The quantitative estimate of drug-likeness (QED) is 0.213. The molecule has 1 heterocycles. The van der Waals surface area contributed by atoms with Gasteiger partial charge >= 0.3 is 0 Å². The number of benzene rings is 3. The number of carbonyl (C=O) groups excluding carboxylic acids is 2. The molecule has 7 nitrogen and oxygen atoms in total. The Morgan fingerprint density at radius 2 is 1.70 bits per heavy atom. The summed E-state index contributed by atoms with van der Waals surface area (Å²) in [5.41, 5.74) is 1.85. The second-order valence-corrected chi connectivity index (χ2v) is 9.03. The molecule has 1 unspecified atom stereocenters. The Bertz CT molecular complexity index is 1420. The zero-order chi connectivity index (χ0) is 26.9. The first-order valence-corrected chi connectivity index (χ1v) is 12.2. The molecule has 3 aromatic rings. The summed E-state index contributed by atoms with van der Waals surface area (Å²) < 4.78 is 16.3. The summed E-state index contributed by atoms with van der Waals surface area (Å²) in [6.45, 7) is 4.15. The van der Waals surface area contributed by atoms with Gasteiger partial charge in [-0.2, -0.15) is 0 Å². The van der Waals surface area contributed by atoms with Gasteiger partial charge in [-0.1, -0.05) is 53.5 Å². The van der Waals surface area contributed by atoms with Gasteiger partial charge in [-0.3, -0.25) is 14.5 Å². The third kappa shape index (κ3) is 4.61. The summed E-state index contributed by atoms with van der Waals surface area (Å²) >= 11 is 12.8. The van der Waals surface area contributed by atoms with Crippen molar-refractivity contribution in [1.82, 2.24) is 0 Å². The average molecular weight is 542 g/mol. The number of aliphatic hydroxyl groups is 1. The lowest BCUT2D eigenvalue weighted by molar-refractivity contribution is -0.132. The van der Waals surface area contributed by atoms with Crippen LogP contribution in [-0.4, -0.2) is 37.6 Å². The number of amides is 1. The van der Waals surface area contributed by atoms with Gasteiger partial charge in [0, 0.05) is 11.8 Å². The number of anilines is 1. The Labute approximate surface area is 224 Å². The molecule has 1 atom stereocenters. The fourth-order valence-corrected chi connectivity index (χ4v) is 5.16. The number of ether oxygens (including phenoxy) is 3. The topological polar surface area (TPSA) is 85.3 Å². The number of aryl methyl sites for hydroxylation is 1. The van der Waals surface area contributed by atoms with Crippen LogP contribution in [0.5, 0.6) is 17.2 Å². The molecule has 1 aliphatic rings. The van der Waals surface area contributed by atoms with Crippen LogP contribution >= 0.6 is 23.2 Å². The van der Waals surface area contributed by atoms with Crippen molar-refractivity contribution >= 4 is 46.3 Å². The molecule has 1 saturated heterocycles. The molecule has 0 aromatic heterocycles. The van der Waals surface area contributed by atoms with Crippen molar-refractivity contribution in [3.05, 3.63) is 86.9 Å². The maximum atomic E-state index is 13.5. The number of nitrogens with zero attached hydrogens (tertiary/aromatic N) is 1. The molecule has 0 aliphatic carbocycles. The second-order valence-electron chi connectivity index (χ2n) is 8.24. The number of hydrogen-bond donors (Lipinski definition) is 1. The molecule has 0 spiro atoms. The first-order valence-electron chi connectivity index (χ1n) is 11.4. The molecule has 37 heavy (non-hydrogen) atoms. The molecule has 0 saturated carbocycles. The van der Waals surface area contributed by atoms with E-state index in [1.54, 1.807) is 30.3 Å². The lowest BCUT2D eigenvalue weighted by Crippen LogP contribution is -2.29. The molecule has 0 radical (unpaired) electrons. The molecule has 1 aliphatic heterocycles. The molecular formula is C28H25Cl2NO6. The number of methoxy groups -OCH3 is 2. The SMILES string of the molecule is CCOc1cccc(N2C(=O)C(=O)/C(=C(/O)c3cc(Cl)c(OC)c(Cl)c3OC)C2c2ccccc2C)c1. The van der Waals surface area contributed by atoms with Crippen LogP contribution in [-0.2, 0) is 9.59 Å². The van der Waals surface area contributed by atoms with Crippen molar-refractivity contribution in [2.45, 2.75) is 19.9 Å². The van der Waals surface area contributed by atoms with E-state index in [2.05, 4.69) is 0 Å². The molecule has 1 fully saturated rings. The smallest absolute Gasteiger partial charge is 0.300 e. The number of halogens is 2. The van der Waals surface area contributed by atoms with E-state index in [0.29, 0.717) is 23.6 Å². The molecule has 1 N–H and O–H groups in total. The van der Waals surface area contributed by atoms with E-state index in [-0.39, 0.29) is 32.7 Å². The Kier molecular flexibility index (Phi) is 7.66. The third-order valence-electron chi connectivity index (χ3n) is 6.13. The third-order valence-corrected chi connectivity index (χ3v) is 6.75. The van der Waals surface area contributed by atoms with Crippen LogP contribution in [0.25, 0.3) is 5.76 Å². The lowest BCUT2D eigenvalue weighted by atomic mass is 9.92. The fourth-order valence-electron chi connectivity index (χ4n) is 4.47. The van der Waals surface area contributed by atoms with Gasteiger partial charge in [0.25, 0.3) is 11.7 Å². The summed E-state index contributed by atoms with van der Waals surface area (Å²) in [5, 5.41) is 11.7. The molecule has 3 aromatic carbocycles. The summed E-state index contributed by atoms with van der Waals surface area (Å²) in [7, 11) is 2.76. The monoisotopic (exact) mass is 541 g/mol. The first-order chi connectivity index (χ1) is 17.7. The number of carbonyl (C=O) groups is 2. The zero-order valence-corrected chi connectivity index (χ0v) is 22.2. The van der Waals surface area contributed by atoms with Crippen LogP contribution in [0.15, 0.2) is 60.2 Å². The minimum atomic E-state index is -0.942. The van der Waals surface area contributed by atoms with E-state index < -0.39 is 23.5 Å². The van der Waals surface area contributed by atoms with Gasteiger partial charge in [-0.05, 0) is 43.2 Å². The van der Waals surface area contributed by atoms with Crippen molar-refractivity contribution < 1.29 is 28.9 Å². The maximum absolute atomic E-state index is 13.5. The van der Waals surface area contributed by atoms with Gasteiger partial charge in [0.15, 0.2) is 11.5 Å². The van der Waals surface area contributed by atoms with Crippen LogP contribution in [0.1, 0.15) is 29.7 Å². The van der Waals surface area contributed by atoms with E-state index >= 15 is 0 Å². The highest BCUT2D eigenvalue weighted by Gasteiger charge is 2.48. The van der Waals surface area contributed by atoms with Crippen LogP contribution in [0.4, 0.5) is 5.69 Å². The molecule has 0 bridgehead atoms. The molecule has 192 valence electrons. The zero-order valence-electron chi connectivity index (χ0n) is 20.7. The predicted molar refractivity (Wildman–Crippen MR) is 143 cm³/mol. The minimum absolute atomic E-state index is 0.0186. The first kappa shape index (κ1) is 26.4. The maximum Gasteiger partial charge on any atom is 0.300 e. The van der Waals surface area contributed by atoms with E-state index in [9.17, 15) is 14.7 Å². The largest absolute Gasteiger partial charge is 0.507 e. The average Bonchev–Trinajstić information content (AvgIpc) is 3.14. The van der Waals surface area contributed by atoms with Gasteiger partial charge in [-0.25, -0.2) is 0 Å². The fraction of sp³-hybridized carbons (Fsp3) is 0.214. The van der Waals surface area contributed by atoms with Gasteiger partial charge < -0.3 is 19.3 Å². The molecule has 1 amide bonds.